The lowest BCUT2D eigenvalue weighted by molar-refractivity contribution is 0.251. The molecule has 0 unspecified atom stereocenters. The van der Waals surface area contributed by atoms with Crippen molar-refractivity contribution in [2.75, 3.05) is 5.32 Å². The Hall–Kier alpha value is -3.68. The maximum absolute atomic E-state index is 12.0. The number of nitrogens with one attached hydrogen (secondary N) is 2. The Kier molecular flexibility index (Phi) is 4.99. The van der Waals surface area contributed by atoms with Gasteiger partial charge in [0.25, 0.3) is 0 Å². The van der Waals surface area contributed by atoms with E-state index >= 15 is 0 Å². The van der Waals surface area contributed by atoms with Crippen LogP contribution in [0.25, 0.3) is 11.1 Å². The molecule has 0 aliphatic heterocycles. The smallest absolute Gasteiger partial charge is 0.320 e. The van der Waals surface area contributed by atoms with Gasteiger partial charge in [-0.25, -0.2) is 9.78 Å². The van der Waals surface area contributed by atoms with Crippen molar-refractivity contribution in [1.82, 2.24) is 15.3 Å². The predicted octanol–water partition coefficient (Wildman–Crippen LogP) is 4.06. The molecule has 2 N–H and O–H groups in total. The van der Waals surface area contributed by atoms with Crippen LogP contribution in [0.2, 0.25) is 0 Å². The van der Waals surface area contributed by atoms with Gasteiger partial charge in [0.1, 0.15) is 5.82 Å². The molecule has 0 radical (unpaired) electrons. The second-order valence-electron chi connectivity index (χ2n) is 6.80. The Morgan fingerprint density at radius 1 is 1.28 bits per heavy atom. The molecule has 3 aromatic rings. The molecule has 4 rings (SSSR count). The van der Waals surface area contributed by atoms with Crippen molar-refractivity contribution in [3.05, 3.63) is 64.2 Å². The van der Waals surface area contributed by atoms with Crippen LogP contribution >= 0.6 is 11.3 Å². The van der Waals surface area contributed by atoms with Gasteiger partial charge >= 0.3 is 6.03 Å². The molecule has 1 fully saturated rings. The van der Waals surface area contributed by atoms with Crippen molar-refractivity contribution in [3.63, 3.8) is 0 Å². The molecular weight excluding hydrogens is 382 g/mol. The number of hydrogen-bond acceptors (Lipinski definition) is 5. The number of anilines is 1. The first-order valence-corrected chi connectivity index (χ1v) is 9.94. The average molecular weight is 399 g/mol. The third-order valence-electron chi connectivity index (χ3n) is 4.84. The predicted molar refractivity (Wildman–Crippen MR) is 112 cm³/mol. The fourth-order valence-electron chi connectivity index (χ4n) is 3.02. The Balaban J connectivity index is 1.37. The second kappa shape index (κ2) is 7.75. The maximum atomic E-state index is 12.0. The number of amides is 2. The highest BCUT2D eigenvalue weighted by Crippen LogP contribution is 2.48. The molecule has 0 saturated heterocycles. The minimum atomic E-state index is -0.372. The Morgan fingerprint density at radius 3 is 2.79 bits per heavy atom. The largest absolute Gasteiger partial charge is 0.332 e. The number of carbonyl (C=O) groups is 1. The van der Waals surface area contributed by atoms with Crippen LogP contribution in [-0.2, 0) is 12.0 Å². The van der Waals surface area contributed by atoms with Gasteiger partial charge in [0.2, 0.25) is 0 Å². The molecule has 2 heterocycles. The Morgan fingerprint density at radius 2 is 2.14 bits per heavy atom. The van der Waals surface area contributed by atoms with Crippen molar-refractivity contribution in [2.45, 2.75) is 24.8 Å². The second-order valence-corrected chi connectivity index (χ2v) is 7.66. The summed E-state index contributed by atoms with van der Waals surface area (Å²) in [7, 11) is 0. The van der Waals surface area contributed by atoms with E-state index in [9.17, 15) is 10.1 Å². The molecule has 142 valence electrons. The minimum absolute atomic E-state index is 0.288. The maximum Gasteiger partial charge on any atom is 0.320 e. The van der Waals surface area contributed by atoms with E-state index in [4.69, 9.17) is 6.42 Å². The molecule has 0 atom stereocenters. The monoisotopic (exact) mass is 399 g/mol. The number of nitriles is 1. The Labute approximate surface area is 172 Å². The first-order chi connectivity index (χ1) is 14.1. The molecule has 1 aliphatic rings. The lowest BCUT2D eigenvalue weighted by atomic mass is 9.94. The van der Waals surface area contributed by atoms with E-state index in [1.54, 1.807) is 11.6 Å². The highest BCUT2D eigenvalue weighted by molar-refractivity contribution is 7.10. The van der Waals surface area contributed by atoms with Crippen molar-refractivity contribution in [2.24, 2.45) is 0 Å². The van der Waals surface area contributed by atoms with E-state index in [1.807, 2.05) is 30.3 Å². The van der Waals surface area contributed by atoms with E-state index < -0.39 is 0 Å². The zero-order valence-corrected chi connectivity index (χ0v) is 16.3. The van der Waals surface area contributed by atoms with Gasteiger partial charge in [-0.3, -0.25) is 10.3 Å². The SMILES string of the molecule is C#Cc1nc(NC(=O)NCc2ccc(-c3cccc(C4(C#N)CC4)c3)cn2)cs1. The number of terminal acetylenes is 1. The number of hydrogen-bond donors (Lipinski definition) is 2. The summed E-state index contributed by atoms with van der Waals surface area (Å²) >= 11 is 1.29. The minimum Gasteiger partial charge on any atom is -0.332 e. The standard InChI is InChI=1S/C22H17N5OS/c1-2-20-26-19(13-29-20)27-21(28)25-12-18-7-6-16(11-24-18)15-4-3-5-17(10-15)22(14-23)8-9-22/h1,3-7,10-11,13H,8-9,12H2,(H2,25,27,28). The van der Waals surface area contributed by atoms with Gasteiger partial charge in [-0.15, -0.1) is 17.8 Å². The summed E-state index contributed by atoms with van der Waals surface area (Å²) in [5.41, 5.74) is 3.49. The van der Waals surface area contributed by atoms with Crippen LogP contribution in [0.4, 0.5) is 10.6 Å². The summed E-state index contributed by atoms with van der Waals surface area (Å²) in [4.78, 5) is 20.5. The molecule has 2 aromatic heterocycles. The van der Waals surface area contributed by atoms with Gasteiger partial charge in [0, 0.05) is 17.1 Å². The molecule has 1 aromatic carbocycles. The number of rotatable bonds is 5. The number of thiazole rings is 1. The third-order valence-corrected chi connectivity index (χ3v) is 5.61. The average Bonchev–Trinajstić information content (AvgIpc) is 3.45. The van der Waals surface area contributed by atoms with Gasteiger partial charge in [-0.1, -0.05) is 24.3 Å². The molecule has 29 heavy (non-hydrogen) atoms. The van der Waals surface area contributed by atoms with E-state index in [0.717, 1.165) is 35.2 Å². The van der Waals surface area contributed by atoms with Crippen molar-refractivity contribution in [1.29, 1.82) is 5.26 Å². The van der Waals surface area contributed by atoms with Gasteiger partial charge in [0.15, 0.2) is 5.01 Å². The fourth-order valence-corrected chi connectivity index (χ4v) is 3.57. The summed E-state index contributed by atoms with van der Waals surface area (Å²) in [6.45, 7) is 0.288. The molecule has 2 amide bonds. The summed E-state index contributed by atoms with van der Waals surface area (Å²) < 4.78 is 0. The van der Waals surface area contributed by atoms with Crippen molar-refractivity contribution in [3.8, 4) is 29.5 Å². The lowest BCUT2D eigenvalue weighted by Gasteiger charge is -2.10. The molecule has 6 nitrogen and oxygen atoms in total. The van der Waals surface area contributed by atoms with Crippen LogP contribution in [0.1, 0.15) is 29.1 Å². The molecule has 1 saturated carbocycles. The van der Waals surface area contributed by atoms with Crippen LogP contribution in [-0.4, -0.2) is 16.0 Å². The zero-order valence-electron chi connectivity index (χ0n) is 15.5. The van der Waals surface area contributed by atoms with Crippen molar-refractivity contribution < 1.29 is 4.79 Å². The quantitative estimate of drug-likeness (QED) is 0.633. The Bertz CT molecular complexity index is 1130. The fraction of sp³-hybridized carbons (Fsp3) is 0.182. The van der Waals surface area contributed by atoms with Crippen LogP contribution in [0.5, 0.6) is 0 Å². The molecular formula is C22H17N5OS. The van der Waals surface area contributed by atoms with Crippen LogP contribution in [0, 0.1) is 23.7 Å². The van der Waals surface area contributed by atoms with Crippen LogP contribution in [0.3, 0.4) is 0 Å². The number of urea groups is 1. The molecule has 1 aliphatic carbocycles. The van der Waals surface area contributed by atoms with E-state index in [0.29, 0.717) is 10.8 Å². The first kappa shape index (κ1) is 18.7. The van der Waals surface area contributed by atoms with E-state index in [-0.39, 0.29) is 18.0 Å². The van der Waals surface area contributed by atoms with Crippen LogP contribution < -0.4 is 10.6 Å². The summed E-state index contributed by atoms with van der Waals surface area (Å²) in [5, 5.41) is 17.0. The molecule has 0 spiro atoms. The van der Waals surface area contributed by atoms with Gasteiger partial charge in [0.05, 0.1) is 23.7 Å². The van der Waals surface area contributed by atoms with Gasteiger partial charge in [-0.2, -0.15) is 5.26 Å². The number of nitrogens with zero attached hydrogens (tertiary/aromatic N) is 3. The summed E-state index contributed by atoms with van der Waals surface area (Å²) in [5.74, 6) is 2.85. The normalized spacial score (nSPS) is 13.7. The van der Waals surface area contributed by atoms with Gasteiger partial charge < -0.3 is 5.32 Å². The summed E-state index contributed by atoms with van der Waals surface area (Å²) in [6.07, 6.45) is 8.89. The highest BCUT2D eigenvalue weighted by atomic mass is 32.1. The molecule has 0 bridgehead atoms. The number of aromatic nitrogens is 2. The lowest BCUT2D eigenvalue weighted by Crippen LogP contribution is -2.28. The zero-order chi connectivity index (χ0) is 20.3. The topological polar surface area (TPSA) is 90.7 Å². The highest BCUT2D eigenvalue weighted by Gasteiger charge is 2.44. The third kappa shape index (κ3) is 4.11. The number of carbonyl (C=O) groups excluding carboxylic acids is 1. The van der Waals surface area contributed by atoms with E-state index in [2.05, 4.69) is 38.7 Å². The molecule has 7 heteroatoms. The number of benzene rings is 1. The van der Waals surface area contributed by atoms with Crippen LogP contribution in [0.15, 0.2) is 48.0 Å². The first-order valence-electron chi connectivity index (χ1n) is 9.06. The summed E-state index contributed by atoms with van der Waals surface area (Å²) in [6, 6.07) is 14.0. The number of pyridine rings is 1. The van der Waals surface area contributed by atoms with E-state index in [1.165, 1.54) is 11.3 Å². The van der Waals surface area contributed by atoms with Crippen molar-refractivity contribution >= 4 is 23.2 Å². The van der Waals surface area contributed by atoms with Gasteiger partial charge in [-0.05, 0) is 42.0 Å².